The molecule has 0 unspecified atom stereocenters. The number of aromatic nitrogens is 2. The summed E-state index contributed by atoms with van der Waals surface area (Å²) >= 11 is 6.17. The van der Waals surface area contributed by atoms with Gasteiger partial charge in [0.25, 0.3) is 0 Å². The molecule has 5 nitrogen and oxygen atoms in total. The Bertz CT molecular complexity index is 890. The summed E-state index contributed by atoms with van der Waals surface area (Å²) in [5, 5.41) is 3.45. The first kappa shape index (κ1) is 19.9. The minimum Gasteiger partial charge on any atom is -0.318 e. The Balaban J connectivity index is 1.39. The van der Waals surface area contributed by atoms with Gasteiger partial charge in [0.2, 0.25) is 0 Å². The summed E-state index contributed by atoms with van der Waals surface area (Å²) in [6, 6.07) is 8.26. The van der Waals surface area contributed by atoms with Gasteiger partial charge in [0.05, 0.1) is 0 Å². The molecule has 1 aromatic carbocycles. The fourth-order valence-electron chi connectivity index (χ4n) is 4.40. The number of rotatable bonds is 3. The minimum atomic E-state index is -0.0801. The lowest BCUT2D eigenvalue weighted by atomic mass is 9.84. The number of urea groups is 1. The van der Waals surface area contributed by atoms with E-state index in [9.17, 15) is 4.79 Å². The molecule has 2 aliphatic rings. The third-order valence-electron chi connectivity index (χ3n) is 6.01. The Hall–Kier alpha value is -2.40. The summed E-state index contributed by atoms with van der Waals surface area (Å²) in [6.07, 6.45) is 12.5. The quantitative estimate of drug-likeness (QED) is 0.686. The number of nitrogens with one attached hydrogen (secondary N) is 1. The number of halogens is 1. The fourth-order valence-corrected chi connectivity index (χ4v) is 4.63. The summed E-state index contributed by atoms with van der Waals surface area (Å²) in [7, 11) is 0. The van der Waals surface area contributed by atoms with Crippen LogP contribution in [0.1, 0.15) is 62.6 Å². The highest BCUT2D eigenvalue weighted by Crippen LogP contribution is 2.33. The molecule has 0 radical (unpaired) electrons. The molecule has 29 heavy (non-hydrogen) atoms. The van der Waals surface area contributed by atoms with Crippen LogP contribution in [0.5, 0.6) is 0 Å². The van der Waals surface area contributed by atoms with Crippen LogP contribution in [-0.4, -0.2) is 33.5 Å². The normalized spacial score (nSPS) is 20.3. The number of anilines is 1. The molecule has 1 aromatic heterocycles. The summed E-state index contributed by atoms with van der Waals surface area (Å²) in [5.74, 6) is 0.673. The Morgan fingerprint density at radius 2 is 1.83 bits per heavy atom. The molecule has 1 fully saturated rings. The van der Waals surface area contributed by atoms with E-state index in [0.717, 1.165) is 11.3 Å². The second kappa shape index (κ2) is 8.95. The maximum absolute atomic E-state index is 12.8. The molecule has 1 aliphatic carbocycles. The molecule has 0 saturated heterocycles. The predicted molar refractivity (Wildman–Crippen MR) is 117 cm³/mol. The third-order valence-corrected chi connectivity index (χ3v) is 6.29. The van der Waals surface area contributed by atoms with E-state index in [0.29, 0.717) is 29.7 Å². The van der Waals surface area contributed by atoms with Gasteiger partial charge < -0.3 is 10.2 Å². The predicted octanol–water partition coefficient (Wildman–Crippen LogP) is 5.89. The van der Waals surface area contributed by atoms with Gasteiger partial charge in [-0.15, -0.1) is 0 Å². The molecule has 2 heterocycles. The molecule has 1 atom stereocenters. The zero-order chi connectivity index (χ0) is 20.2. The number of carbonyl (C=O) groups excluding carboxylic acids is 1. The molecule has 2 amide bonds. The van der Waals surface area contributed by atoms with Gasteiger partial charge in [0.1, 0.15) is 5.69 Å². The largest absolute Gasteiger partial charge is 0.322 e. The van der Waals surface area contributed by atoms with Crippen LogP contribution in [0, 0.1) is 0 Å². The second-order valence-electron chi connectivity index (χ2n) is 7.96. The van der Waals surface area contributed by atoms with Gasteiger partial charge in [-0.1, -0.05) is 49.1 Å². The summed E-state index contributed by atoms with van der Waals surface area (Å²) in [6.45, 7) is 2.63. The first-order chi connectivity index (χ1) is 14.1. The van der Waals surface area contributed by atoms with Crippen LogP contribution >= 0.6 is 11.6 Å². The van der Waals surface area contributed by atoms with Crippen molar-refractivity contribution in [3.05, 3.63) is 59.1 Å². The first-order valence-corrected chi connectivity index (χ1v) is 10.8. The third kappa shape index (κ3) is 4.61. The summed E-state index contributed by atoms with van der Waals surface area (Å²) < 4.78 is 0. The van der Waals surface area contributed by atoms with Crippen molar-refractivity contribution < 1.29 is 4.79 Å². The molecule has 4 rings (SSSR count). The van der Waals surface area contributed by atoms with Crippen LogP contribution in [0.25, 0.3) is 5.57 Å². The fraction of sp³-hybridized carbons (Fsp3) is 0.435. The van der Waals surface area contributed by atoms with Crippen LogP contribution in [0.2, 0.25) is 5.15 Å². The van der Waals surface area contributed by atoms with Gasteiger partial charge in [-0.25, -0.2) is 9.78 Å². The number of benzene rings is 1. The number of nitrogens with zero attached hydrogens (tertiary/aromatic N) is 3. The standard InChI is InChI=1S/C23H27ClN4O/c1-16-15-19(21-22(24)26-13-12-25-21)11-14-28(16)23(29)27-20-9-7-18(8-10-20)17-5-3-2-4-6-17/h7-10,12-13,15-17H,2-6,11,14H2,1H3,(H,27,29)/t16-/m1/s1. The van der Waals surface area contributed by atoms with Crippen LogP contribution < -0.4 is 5.32 Å². The van der Waals surface area contributed by atoms with Crippen molar-refractivity contribution in [2.75, 3.05) is 11.9 Å². The Kier molecular flexibility index (Phi) is 6.14. The van der Waals surface area contributed by atoms with Crippen molar-refractivity contribution in [3.63, 3.8) is 0 Å². The number of hydrogen-bond acceptors (Lipinski definition) is 3. The molecule has 0 spiro atoms. The van der Waals surface area contributed by atoms with E-state index in [-0.39, 0.29) is 12.1 Å². The molecular weight excluding hydrogens is 384 g/mol. The summed E-state index contributed by atoms with van der Waals surface area (Å²) in [4.78, 5) is 23.1. The van der Waals surface area contributed by atoms with E-state index >= 15 is 0 Å². The Morgan fingerprint density at radius 3 is 2.52 bits per heavy atom. The van der Waals surface area contributed by atoms with Crippen LogP contribution in [0.4, 0.5) is 10.5 Å². The Labute approximate surface area is 177 Å². The van der Waals surface area contributed by atoms with Gasteiger partial charge >= 0.3 is 6.03 Å². The highest BCUT2D eigenvalue weighted by atomic mass is 35.5. The molecule has 6 heteroatoms. The molecule has 1 aliphatic heterocycles. The van der Waals surface area contributed by atoms with E-state index < -0.39 is 0 Å². The average Bonchev–Trinajstić information content (AvgIpc) is 2.75. The highest BCUT2D eigenvalue weighted by molar-refractivity contribution is 6.30. The van der Waals surface area contributed by atoms with Crippen molar-refractivity contribution in [2.45, 2.75) is 57.4 Å². The van der Waals surface area contributed by atoms with Crippen LogP contribution in [-0.2, 0) is 0 Å². The lowest BCUT2D eigenvalue weighted by molar-refractivity contribution is 0.202. The maximum atomic E-state index is 12.8. The van der Waals surface area contributed by atoms with Crippen molar-refractivity contribution in [1.82, 2.24) is 14.9 Å². The topological polar surface area (TPSA) is 58.1 Å². The molecule has 1 N–H and O–H groups in total. The van der Waals surface area contributed by atoms with E-state index in [2.05, 4.69) is 27.4 Å². The van der Waals surface area contributed by atoms with Gasteiger partial charge in [0, 0.05) is 30.7 Å². The highest BCUT2D eigenvalue weighted by Gasteiger charge is 2.25. The van der Waals surface area contributed by atoms with Crippen molar-refractivity contribution in [3.8, 4) is 0 Å². The molecule has 0 bridgehead atoms. The van der Waals surface area contributed by atoms with E-state index in [1.54, 1.807) is 12.4 Å². The zero-order valence-corrected chi connectivity index (χ0v) is 17.5. The number of amides is 2. The van der Waals surface area contributed by atoms with Gasteiger partial charge in [-0.05, 0) is 55.4 Å². The monoisotopic (exact) mass is 410 g/mol. The number of carbonyl (C=O) groups is 1. The maximum Gasteiger partial charge on any atom is 0.322 e. The average molecular weight is 411 g/mol. The first-order valence-electron chi connectivity index (χ1n) is 10.5. The van der Waals surface area contributed by atoms with E-state index in [4.69, 9.17) is 11.6 Å². The van der Waals surface area contributed by atoms with Crippen LogP contribution in [0.15, 0.2) is 42.7 Å². The van der Waals surface area contributed by atoms with Crippen molar-refractivity contribution >= 4 is 28.9 Å². The summed E-state index contributed by atoms with van der Waals surface area (Å²) in [5.41, 5.74) is 3.98. The lowest BCUT2D eigenvalue weighted by Gasteiger charge is -2.32. The second-order valence-corrected chi connectivity index (χ2v) is 8.32. The van der Waals surface area contributed by atoms with Crippen molar-refractivity contribution in [2.24, 2.45) is 0 Å². The van der Waals surface area contributed by atoms with Gasteiger partial charge in [-0.3, -0.25) is 4.98 Å². The van der Waals surface area contributed by atoms with E-state index in [1.165, 1.54) is 37.7 Å². The van der Waals surface area contributed by atoms with E-state index in [1.807, 2.05) is 30.0 Å². The van der Waals surface area contributed by atoms with Gasteiger partial charge in [0.15, 0.2) is 5.15 Å². The smallest absolute Gasteiger partial charge is 0.318 e. The van der Waals surface area contributed by atoms with Crippen LogP contribution in [0.3, 0.4) is 0 Å². The lowest BCUT2D eigenvalue weighted by Crippen LogP contribution is -2.43. The Morgan fingerprint density at radius 1 is 1.10 bits per heavy atom. The SMILES string of the molecule is C[C@@H]1C=C(c2nccnc2Cl)CCN1C(=O)Nc1ccc(C2CCCCC2)cc1. The molecule has 2 aromatic rings. The zero-order valence-electron chi connectivity index (χ0n) is 16.8. The molecular formula is C23H27ClN4O. The minimum absolute atomic E-state index is 0.0432. The van der Waals surface area contributed by atoms with Crippen molar-refractivity contribution in [1.29, 1.82) is 0 Å². The molecule has 152 valence electrons. The molecule has 1 saturated carbocycles. The number of hydrogen-bond donors (Lipinski definition) is 1. The van der Waals surface area contributed by atoms with Gasteiger partial charge in [-0.2, -0.15) is 0 Å².